The van der Waals surface area contributed by atoms with Crippen molar-refractivity contribution in [2.24, 2.45) is 15.7 Å². The third-order valence-electron chi connectivity index (χ3n) is 3.13. The van der Waals surface area contributed by atoms with Gasteiger partial charge < -0.3 is 0 Å². The van der Waals surface area contributed by atoms with E-state index in [0.29, 0.717) is 5.69 Å². The van der Waals surface area contributed by atoms with Crippen molar-refractivity contribution in [2.45, 2.75) is 25.7 Å². The molecule has 6 nitrogen and oxygen atoms in total. The number of nitrogens with zero attached hydrogens (tertiary/aromatic N) is 2. The maximum absolute atomic E-state index is 11.2. The molecule has 2 rings (SSSR count). The van der Waals surface area contributed by atoms with Gasteiger partial charge in [0.15, 0.2) is 0 Å². The van der Waals surface area contributed by atoms with Gasteiger partial charge in [0.05, 0.1) is 16.3 Å². The third kappa shape index (κ3) is 4.61. The van der Waals surface area contributed by atoms with Gasteiger partial charge in [-0.1, -0.05) is 20.8 Å². The molecular weight excluding hydrogens is 312 g/mol. The Hall–Kier alpha value is -2.25. The van der Waals surface area contributed by atoms with Gasteiger partial charge in [0.2, 0.25) is 10.0 Å². The molecule has 0 unspecified atom stereocenters. The van der Waals surface area contributed by atoms with Crippen LogP contribution in [0.1, 0.15) is 26.3 Å². The fraction of sp³-hybridized carbons (Fsp3) is 0.250. The van der Waals surface area contributed by atoms with E-state index < -0.39 is 10.0 Å². The number of pyridine rings is 1. The fourth-order valence-corrected chi connectivity index (χ4v) is 2.52. The first-order valence-electron chi connectivity index (χ1n) is 7.05. The number of sulfonamides is 1. The summed E-state index contributed by atoms with van der Waals surface area (Å²) in [6.45, 7) is 6.18. The zero-order chi connectivity index (χ0) is 17.1. The third-order valence-corrected chi connectivity index (χ3v) is 4.05. The summed E-state index contributed by atoms with van der Waals surface area (Å²) in [5.74, 6) is 0. The molecule has 0 amide bonds. The average molecular weight is 332 g/mol. The van der Waals surface area contributed by atoms with Crippen LogP contribution in [0.15, 0.2) is 58.8 Å². The van der Waals surface area contributed by atoms with Gasteiger partial charge in [-0.15, -0.1) is 0 Å². The lowest BCUT2D eigenvalue weighted by Gasteiger charge is -2.21. The lowest BCUT2D eigenvalue weighted by atomic mass is 9.86. The minimum Gasteiger partial charge on any atom is -0.278 e. The Morgan fingerprint density at radius 2 is 1.83 bits per heavy atom. The molecule has 0 fully saturated rings. The monoisotopic (exact) mass is 332 g/mol. The van der Waals surface area contributed by atoms with Gasteiger partial charge >= 0.3 is 0 Å². The molecular formula is C16H20N4O2S. The second kappa shape index (κ2) is 6.47. The van der Waals surface area contributed by atoms with Crippen LogP contribution >= 0.6 is 0 Å². The average Bonchev–Trinajstić information content (AvgIpc) is 2.47. The summed E-state index contributed by atoms with van der Waals surface area (Å²) in [6.07, 6.45) is 3.47. The van der Waals surface area contributed by atoms with Crippen molar-refractivity contribution < 1.29 is 8.42 Å². The predicted octanol–water partition coefficient (Wildman–Crippen LogP) is 2.59. The summed E-state index contributed by atoms with van der Waals surface area (Å²) >= 11 is 0. The van der Waals surface area contributed by atoms with Crippen molar-refractivity contribution in [3.8, 4) is 0 Å². The first-order valence-corrected chi connectivity index (χ1v) is 8.60. The van der Waals surface area contributed by atoms with Crippen LogP contribution in [-0.2, 0) is 10.0 Å². The largest absolute Gasteiger partial charge is 0.278 e. The summed E-state index contributed by atoms with van der Waals surface area (Å²) in [4.78, 5) is 4.19. The lowest BCUT2D eigenvalue weighted by Crippen LogP contribution is -2.23. The highest BCUT2D eigenvalue weighted by molar-refractivity contribution is 7.89. The molecule has 23 heavy (non-hydrogen) atoms. The lowest BCUT2D eigenvalue weighted by molar-refractivity contribution is 0.591. The fourth-order valence-electron chi connectivity index (χ4n) is 2.01. The Labute approximate surface area is 136 Å². The molecule has 122 valence electrons. The maximum atomic E-state index is 11.2. The Morgan fingerprint density at radius 3 is 2.30 bits per heavy atom. The van der Waals surface area contributed by atoms with Gasteiger partial charge in [-0.2, -0.15) is 5.10 Å². The summed E-state index contributed by atoms with van der Waals surface area (Å²) in [5.41, 5.74) is 5.21. The highest BCUT2D eigenvalue weighted by Gasteiger charge is 2.21. The molecule has 0 aliphatic heterocycles. The minimum absolute atomic E-state index is 0.0651. The highest BCUT2D eigenvalue weighted by atomic mass is 32.2. The molecule has 0 saturated carbocycles. The number of aromatic nitrogens is 1. The van der Waals surface area contributed by atoms with E-state index in [1.807, 2.05) is 12.1 Å². The van der Waals surface area contributed by atoms with Crippen molar-refractivity contribution in [3.05, 3.63) is 54.4 Å². The number of rotatable bonds is 4. The number of hydrazone groups is 1. The molecule has 0 saturated heterocycles. The molecule has 0 radical (unpaired) electrons. The van der Waals surface area contributed by atoms with Crippen molar-refractivity contribution in [2.75, 3.05) is 5.43 Å². The van der Waals surface area contributed by atoms with Gasteiger partial charge in [-0.05, 0) is 36.4 Å². The quantitative estimate of drug-likeness (QED) is 0.664. The van der Waals surface area contributed by atoms with Crippen LogP contribution in [0.5, 0.6) is 0 Å². The first kappa shape index (κ1) is 17.1. The molecule has 0 bridgehead atoms. The van der Waals surface area contributed by atoms with Crippen LogP contribution in [0.25, 0.3) is 0 Å². The zero-order valence-corrected chi connectivity index (χ0v) is 14.1. The summed E-state index contributed by atoms with van der Waals surface area (Å²) in [5, 5.41) is 9.55. The molecule has 0 aliphatic carbocycles. The topological polar surface area (TPSA) is 97.4 Å². The summed E-state index contributed by atoms with van der Waals surface area (Å²) in [7, 11) is -3.69. The first-order chi connectivity index (χ1) is 10.7. The number of hydrogen-bond acceptors (Lipinski definition) is 5. The smallest absolute Gasteiger partial charge is 0.238 e. The van der Waals surface area contributed by atoms with Crippen molar-refractivity contribution in [1.29, 1.82) is 0 Å². The van der Waals surface area contributed by atoms with E-state index in [1.165, 1.54) is 12.1 Å². The van der Waals surface area contributed by atoms with Crippen LogP contribution in [0.4, 0.5) is 5.69 Å². The molecule has 0 aliphatic rings. The molecule has 0 atom stereocenters. The van der Waals surface area contributed by atoms with Gasteiger partial charge in [-0.25, -0.2) is 13.6 Å². The number of anilines is 1. The van der Waals surface area contributed by atoms with Crippen LogP contribution in [0.2, 0.25) is 0 Å². The standard InChI is InChI=1S/C16H20N4O2S/c1-16(2,3)15(12-5-4-10-18-11-12)20-19-13-6-8-14(9-7-13)23(17,21)22/h4-11,19H,1-3H3,(H2,17,21,22)/b20-15-. The Balaban J connectivity index is 2.28. The highest BCUT2D eigenvalue weighted by Crippen LogP contribution is 2.22. The van der Waals surface area contributed by atoms with Gasteiger partial charge in [-0.3, -0.25) is 10.4 Å². The normalized spacial score (nSPS) is 13.0. The van der Waals surface area contributed by atoms with Gasteiger partial charge in [0, 0.05) is 23.4 Å². The van der Waals surface area contributed by atoms with Crippen molar-refractivity contribution in [1.82, 2.24) is 4.98 Å². The van der Waals surface area contributed by atoms with Crippen LogP contribution in [0.3, 0.4) is 0 Å². The predicted molar refractivity (Wildman–Crippen MR) is 91.7 cm³/mol. The van der Waals surface area contributed by atoms with E-state index in [9.17, 15) is 8.42 Å². The van der Waals surface area contributed by atoms with E-state index in [0.717, 1.165) is 11.3 Å². The second-order valence-electron chi connectivity index (χ2n) is 6.13. The summed E-state index contributed by atoms with van der Waals surface area (Å²) < 4.78 is 22.5. The SMILES string of the molecule is CC(C)(C)/C(=N\Nc1ccc(S(N)(=O)=O)cc1)c1cccnc1. The number of hydrogen-bond donors (Lipinski definition) is 2. The Morgan fingerprint density at radius 1 is 1.17 bits per heavy atom. The molecule has 2 aromatic rings. The van der Waals surface area contributed by atoms with Crippen molar-refractivity contribution in [3.63, 3.8) is 0 Å². The Bertz CT molecular complexity index is 792. The van der Waals surface area contributed by atoms with Crippen molar-refractivity contribution >= 4 is 21.4 Å². The van der Waals surface area contributed by atoms with E-state index in [2.05, 4.69) is 36.3 Å². The second-order valence-corrected chi connectivity index (χ2v) is 7.69. The van der Waals surface area contributed by atoms with Gasteiger partial charge in [0.25, 0.3) is 0 Å². The van der Waals surface area contributed by atoms with E-state index in [1.54, 1.807) is 24.5 Å². The number of nitrogens with one attached hydrogen (secondary N) is 1. The van der Waals surface area contributed by atoms with Crippen LogP contribution < -0.4 is 10.6 Å². The number of primary sulfonamides is 1. The number of benzene rings is 1. The van der Waals surface area contributed by atoms with E-state index in [4.69, 9.17) is 5.14 Å². The molecule has 1 aromatic heterocycles. The summed E-state index contributed by atoms with van der Waals surface area (Å²) in [6, 6.07) is 9.92. The molecule has 3 N–H and O–H groups in total. The Kier molecular flexibility index (Phi) is 4.82. The maximum Gasteiger partial charge on any atom is 0.238 e. The van der Waals surface area contributed by atoms with E-state index in [-0.39, 0.29) is 10.3 Å². The molecule has 0 spiro atoms. The van der Waals surface area contributed by atoms with Crippen LogP contribution in [-0.4, -0.2) is 19.1 Å². The molecule has 1 aromatic carbocycles. The van der Waals surface area contributed by atoms with Gasteiger partial charge in [0.1, 0.15) is 0 Å². The van der Waals surface area contributed by atoms with E-state index >= 15 is 0 Å². The molecule has 1 heterocycles. The zero-order valence-electron chi connectivity index (χ0n) is 13.3. The molecule has 7 heteroatoms. The van der Waals surface area contributed by atoms with Crippen LogP contribution in [0, 0.1) is 5.41 Å². The number of nitrogens with two attached hydrogens (primary N) is 1. The minimum atomic E-state index is -3.69.